The number of hydrogen-bond donors (Lipinski definition) is 2. The van der Waals surface area contributed by atoms with Crippen LogP contribution in [0.15, 0.2) is 71.5 Å². The molecule has 0 unspecified atom stereocenters. The predicted octanol–water partition coefficient (Wildman–Crippen LogP) is 5.67. The van der Waals surface area contributed by atoms with E-state index >= 15 is 0 Å². The third-order valence-electron chi connectivity index (χ3n) is 5.91. The minimum absolute atomic E-state index is 0.00243. The molecule has 0 fully saturated rings. The number of nitrogens with one attached hydrogen (secondary N) is 1. The number of nitrogens with zero attached hydrogens (tertiary/aromatic N) is 4. The third kappa shape index (κ3) is 6.31. The van der Waals surface area contributed by atoms with Gasteiger partial charge in [0.15, 0.2) is 11.5 Å². The maximum absolute atomic E-state index is 13.4. The van der Waals surface area contributed by atoms with Crippen molar-refractivity contribution in [3.63, 3.8) is 0 Å². The van der Waals surface area contributed by atoms with Gasteiger partial charge in [0.1, 0.15) is 22.7 Å². The number of hydrogen-bond acceptors (Lipinski definition) is 9. The standard InChI is InChI=1S/C29H25F3N6O4/c1-16(2)40-21-8-6-20(19-7-9-23(29(30,31)32)37-25(19)21)28-38-26(22(13-33)42-28)27(39)36-14-17-4-3-5-18(12-17)41-24-15-34-10-11-35-24/h3-12,15-16H,13-14,33H2,1-2H3,(H,36,39). The van der Waals surface area contributed by atoms with Crippen LogP contribution in [0.2, 0.25) is 0 Å². The fourth-order valence-electron chi connectivity index (χ4n) is 4.11. The lowest BCUT2D eigenvalue weighted by molar-refractivity contribution is -0.140. The Morgan fingerprint density at radius 1 is 1.10 bits per heavy atom. The molecule has 2 aromatic carbocycles. The highest BCUT2D eigenvalue weighted by Crippen LogP contribution is 2.37. The normalized spacial score (nSPS) is 11.6. The van der Waals surface area contributed by atoms with Crippen LogP contribution >= 0.6 is 0 Å². The van der Waals surface area contributed by atoms with Crippen LogP contribution < -0.4 is 20.5 Å². The summed E-state index contributed by atoms with van der Waals surface area (Å²) in [6.07, 6.45) is -0.446. The molecule has 216 valence electrons. The van der Waals surface area contributed by atoms with E-state index in [1.807, 2.05) is 0 Å². The van der Waals surface area contributed by atoms with E-state index in [0.29, 0.717) is 22.6 Å². The van der Waals surface area contributed by atoms with Crippen molar-refractivity contribution in [1.29, 1.82) is 0 Å². The summed E-state index contributed by atoms with van der Waals surface area (Å²) >= 11 is 0. The average molecular weight is 579 g/mol. The molecule has 5 rings (SSSR count). The number of benzene rings is 2. The molecule has 0 saturated heterocycles. The molecule has 0 aliphatic heterocycles. The number of alkyl halides is 3. The van der Waals surface area contributed by atoms with Gasteiger partial charge in [-0.25, -0.2) is 15.0 Å². The summed E-state index contributed by atoms with van der Waals surface area (Å²) in [6, 6.07) is 12.3. The second-order valence-corrected chi connectivity index (χ2v) is 9.34. The maximum atomic E-state index is 13.4. The van der Waals surface area contributed by atoms with E-state index in [1.165, 1.54) is 30.7 Å². The Morgan fingerprint density at radius 2 is 1.93 bits per heavy atom. The number of amides is 1. The number of halogens is 3. The van der Waals surface area contributed by atoms with Crippen LogP contribution in [0.5, 0.6) is 17.4 Å². The highest BCUT2D eigenvalue weighted by molar-refractivity contribution is 5.98. The van der Waals surface area contributed by atoms with Crippen LogP contribution in [-0.2, 0) is 19.3 Å². The zero-order valence-corrected chi connectivity index (χ0v) is 22.5. The highest BCUT2D eigenvalue weighted by atomic mass is 19.4. The molecule has 0 bridgehead atoms. The number of ether oxygens (including phenoxy) is 2. The molecule has 0 atom stereocenters. The summed E-state index contributed by atoms with van der Waals surface area (Å²) in [5.41, 5.74) is 5.77. The van der Waals surface area contributed by atoms with E-state index in [4.69, 9.17) is 19.6 Å². The first kappa shape index (κ1) is 28.5. The van der Waals surface area contributed by atoms with Gasteiger partial charge in [-0.15, -0.1) is 0 Å². The SMILES string of the molecule is CC(C)Oc1ccc(-c2nc(C(=O)NCc3cccc(Oc4cnccn4)c3)c(CN)o2)c2ccc(C(F)(F)F)nc12. The molecule has 1 amide bonds. The summed E-state index contributed by atoms with van der Waals surface area (Å²) in [6.45, 7) is 3.50. The van der Waals surface area contributed by atoms with E-state index in [0.717, 1.165) is 11.6 Å². The van der Waals surface area contributed by atoms with Crippen molar-refractivity contribution in [3.8, 4) is 28.8 Å². The van der Waals surface area contributed by atoms with Gasteiger partial charge in [-0.1, -0.05) is 12.1 Å². The summed E-state index contributed by atoms with van der Waals surface area (Å²) in [5, 5.41) is 3.08. The first-order valence-electron chi connectivity index (χ1n) is 12.8. The minimum atomic E-state index is -4.65. The minimum Gasteiger partial charge on any atom is -0.489 e. The van der Waals surface area contributed by atoms with Gasteiger partial charge in [-0.3, -0.25) is 9.78 Å². The molecule has 3 heterocycles. The van der Waals surface area contributed by atoms with Gasteiger partial charge in [-0.2, -0.15) is 13.2 Å². The van der Waals surface area contributed by atoms with Crippen LogP contribution in [0.4, 0.5) is 13.2 Å². The molecular weight excluding hydrogens is 553 g/mol. The van der Waals surface area contributed by atoms with Crippen LogP contribution in [0.1, 0.15) is 41.4 Å². The topological polar surface area (TPSA) is 138 Å². The lowest BCUT2D eigenvalue weighted by Gasteiger charge is -2.14. The zero-order chi connectivity index (χ0) is 29.9. The van der Waals surface area contributed by atoms with E-state index in [2.05, 4.69) is 25.3 Å². The number of carbonyl (C=O) groups is 1. The van der Waals surface area contributed by atoms with Crippen molar-refractivity contribution in [2.24, 2.45) is 5.73 Å². The summed E-state index contributed by atoms with van der Waals surface area (Å²) < 4.78 is 57.5. The molecule has 0 radical (unpaired) electrons. The smallest absolute Gasteiger partial charge is 0.433 e. The second kappa shape index (κ2) is 11.8. The fraction of sp³-hybridized carbons (Fsp3) is 0.207. The average Bonchev–Trinajstić information content (AvgIpc) is 3.40. The maximum Gasteiger partial charge on any atom is 0.433 e. The van der Waals surface area contributed by atoms with Crippen molar-refractivity contribution in [2.45, 2.75) is 39.2 Å². The van der Waals surface area contributed by atoms with Gasteiger partial charge in [0, 0.05) is 29.9 Å². The highest BCUT2D eigenvalue weighted by Gasteiger charge is 2.33. The molecule has 5 aromatic rings. The number of fused-ring (bicyclic) bond motifs is 1. The number of aromatic nitrogens is 4. The molecule has 3 aromatic heterocycles. The molecule has 0 spiro atoms. The Bertz CT molecular complexity index is 1720. The zero-order valence-electron chi connectivity index (χ0n) is 22.5. The molecule has 10 nitrogen and oxygen atoms in total. The van der Waals surface area contributed by atoms with Gasteiger partial charge in [0.05, 0.1) is 18.8 Å². The Kier molecular flexibility index (Phi) is 8.02. The Balaban J connectivity index is 1.41. The Morgan fingerprint density at radius 3 is 2.64 bits per heavy atom. The Labute approximate surface area is 237 Å². The fourth-order valence-corrected chi connectivity index (χ4v) is 4.11. The molecule has 0 saturated carbocycles. The monoisotopic (exact) mass is 578 g/mol. The van der Waals surface area contributed by atoms with E-state index in [-0.39, 0.29) is 47.8 Å². The number of nitrogens with two attached hydrogens (primary N) is 1. The quantitative estimate of drug-likeness (QED) is 0.227. The van der Waals surface area contributed by atoms with E-state index in [9.17, 15) is 18.0 Å². The first-order valence-corrected chi connectivity index (χ1v) is 12.8. The largest absolute Gasteiger partial charge is 0.489 e. The van der Waals surface area contributed by atoms with Gasteiger partial charge in [-0.05, 0) is 55.8 Å². The number of carbonyl (C=O) groups excluding carboxylic acids is 1. The molecule has 3 N–H and O–H groups in total. The number of oxazole rings is 1. The molecule has 13 heteroatoms. The van der Waals surface area contributed by atoms with Gasteiger partial charge >= 0.3 is 6.18 Å². The molecule has 0 aliphatic rings. The number of pyridine rings is 1. The summed E-state index contributed by atoms with van der Waals surface area (Å²) in [5.74, 6) is 0.562. The first-order chi connectivity index (χ1) is 20.1. The predicted molar refractivity (Wildman–Crippen MR) is 146 cm³/mol. The summed E-state index contributed by atoms with van der Waals surface area (Å²) in [4.78, 5) is 29.3. The molecular formula is C29H25F3N6O4. The molecule has 0 aliphatic carbocycles. The van der Waals surface area contributed by atoms with Crippen LogP contribution in [0.25, 0.3) is 22.4 Å². The van der Waals surface area contributed by atoms with Gasteiger partial charge < -0.3 is 24.9 Å². The lowest BCUT2D eigenvalue weighted by Crippen LogP contribution is -2.24. The Hall–Kier alpha value is -5.04. The van der Waals surface area contributed by atoms with Gasteiger partial charge in [0.2, 0.25) is 11.8 Å². The van der Waals surface area contributed by atoms with E-state index in [1.54, 1.807) is 44.2 Å². The van der Waals surface area contributed by atoms with Crippen molar-refractivity contribution in [2.75, 3.05) is 0 Å². The number of rotatable bonds is 9. The van der Waals surface area contributed by atoms with Crippen molar-refractivity contribution in [3.05, 3.63) is 89.8 Å². The lowest BCUT2D eigenvalue weighted by atomic mass is 10.1. The van der Waals surface area contributed by atoms with Crippen LogP contribution in [-0.4, -0.2) is 31.9 Å². The van der Waals surface area contributed by atoms with Crippen molar-refractivity contribution in [1.82, 2.24) is 25.3 Å². The van der Waals surface area contributed by atoms with Crippen molar-refractivity contribution < 1.29 is 31.9 Å². The van der Waals surface area contributed by atoms with E-state index < -0.39 is 17.8 Å². The van der Waals surface area contributed by atoms with Crippen LogP contribution in [0, 0.1) is 0 Å². The summed E-state index contributed by atoms with van der Waals surface area (Å²) in [7, 11) is 0. The molecule has 42 heavy (non-hydrogen) atoms. The second-order valence-electron chi connectivity index (χ2n) is 9.34. The van der Waals surface area contributed by atoms with Crippen LogP contribution in [0.3, 0.4) is 0 Å². The van der Waals surface area contributed by atoms with Gasteiger partial charge in [0.25, 0.3) is 5.91 Å². The van der Waals surface area contributed by atoms with Crippen molar-refractivity contribution >= 4 is 16.8 Å². The third-order valence-corrected chi connectivity index (χ3v) is 5.91.